The van der Waals surface area contributed by atoms with Gasteiger partial charge >= 0.3 is 0 Å². The molecule has 0 radical (unpaired) electrons. The number of fused-ring (bicyclic) bond motifs is 1. The van der Waals surface area contributed by atoms with Gasteiger partial charge in [-0.05, 0) is 33.0 Å². The Balaban J connectivity index is 1.97. The maximum Gasteiger partial charge on any atom is 0.0907 e. The van der Waals surface area contributed by atoms with Crippen LogP contribution in [0.2, 0.25) is 0 Å². The van der Waals surface area contributed by atoms with Gasteiger partial charge in [-0.3, -0.25) is 0 Å². The zero-order chi connectivity index (χ0) is 13.6. The van der Waals surface area contributed by atoms with Gasteiger partial charge in [0.1, 0.15) is 0 Å². The van der Waals surface area contributed by atoms with Crippen LogP contribution in [0.5, 0.6) is 0 Å². The number of nitrogens with zero attached hydrogens (tertiary/aromatic N) is 3. The molecule has 3 rings (SSSR count). The van der Waals surface area contributed by atoms with Crippen molar-refractivity contribution in [2.24, 2.45) is 0 Å². The molecule has 1 aromatic heterocycles. The Bertz CT molecular complexity index is 607. The van der Waals surface area contributed by atoms with Crippen LogP contribution in [0.25, 0.3) is 10.2 Å². The fourth-order valence-electron chi connectivity index (χ4n) is 2.63. The van der Waals surface area contributed by atoms with Crippen LogP contribution in [0.4, 0.5) is 11.4 Å². The Morgan fingerprint density at radius 2 is 2.16 bits per heavy atom. The smallest absolute Gasteiger partial charge is 0.0907 e. The summed E-state index contributed by atoms with van der Waals surface area (Å²) in [4.78, 5) is 9.34. The van der Waals surface area contributed by atoms with Gasteiger partial charge in [-0.1, -0.05) is 0 Å². The lowest BCUT2D eigenvalue weighted by atomic mass is 10.1. The number of rotatable bonds is 1. The molecule has 1 saturated heterocycles. The van der Waals surface area contributed by atoms with Crippen molar-refractivity contribution in [3.63, 3.8) is 0 Å². The van der Waals surface area contributed by atoms with Gasteiger partial charge in [0, 0.05) is 25.7 Å². The van der Waals surface area contributed by atoms with Crippen LogP contribution in [0.1, 0.15) is 11.9 Å². The molecule has 2 N–H and O–H groups in total. The van der Waals surface area contributed by atoms with E-state index >= 15 is 0 Å². The molecule has 1 aromatic carbocycles. The highest BCUT2D eigenvalue weighted by Gasteiger charge is 2.22. The Labute approximate surface area is 117 Å². The molecule has 19 heavy (non-hydrogen) atoms. The first-order chi connectivity index (χ1) is 9.04. The molecule has 0 aliphatic carbocycles. The van der Waals surface area contributed by atoms with Gasteiger partial charge in [0.05, 0.1) is 26.6 Å². The van der Waals surface area contributed by atoms with E-state index in [0.29, 0.717) is 6.04 Å². The summed E-state index contributed by atoms with van der Waals surface area (Å²) in [6.45, 7) is 7.43. The lowest BCUT2D eigenvalue weighted by Crippen LogP contribution is -2.50. The van der Waals surface area contributed by atoms with E-state index in [1.165, 1.54) is 4.70 Å². The number of hydrogen-bond acceptors (Lipinski definition) is 5. The number of benzene rings is 1. The van der Waals surface area contributed by atoms with Crippen molar-refractivity contribution in [2.45, 2.75) is 19.9 Å². The Morgan fingerprint density at radius 3 is 2.89 bits per heavy atom. The van der Waals surface area contributed by atoms with Gasteiger partial charge in [-0.15, -0.1) is 11.3 Å². The van der Waals surface area contributed by atoms with Crippen LogP contribution in [-0.4, -0.2) is 42.6 Å². The largest absolute Gasteiger partial charge is 0.397 e. The van der Waals surface area contributed by atoms with Crippen LogP contribution in [-0.2, 0) is 0 Å². The summed E-state index contributed by atoms with van der Waals surface area (Å²) in [5, 5.41) is 1.10. The molecule has 1 aliphatic heterocycles. The molecule has 1 aliphatic rings. The van der Waals surface area contributed by atoms with Crippen molar-refractivity contribution >= 4 is 32.9 Å². The average molecular weight is 276 g/mol. The molecule has 2 heterocycles. The van der Waals surface area contributed by atoms with Crippen LogP contribution < -0.4 is 10.6 Å². The highest BCUT2D eigenvalue weighted by atomic mass is 32.1. The third kappa shape index (κ3) is 2.28. The Kier molecular flexibility index (Phi) is 3.11. The summed E-state index contributed by atoms with van der Waals surface area (Å²) in [6.07, 6.45) is 0. The molecule has 5 heteroatoms. The molecule has 1 fully saturated rings. The topological polar surface area (TPSA) is 45.4 Å². The average Bonchev–Trinajstić information content (AvgIpc) is 2.71. The number of nitrogen functional groups attached to an aromatic ring is 1. The van der Waals surface area contributed by atoms with Crippen LogP contribution in [0.15, 0.2) is 12.1 Å². The number of likely N-dealkylation sites (N-methyl/N-ethyl adjacent to an activating group) is 1. The maximum absolute atomic E-state index is 6.23. The SMILES string of the molecule is Cc1nc2cc(N3CCN(C)C(C)C3)c(N)cc2s1. The van der Waals surface area contributed by atoms with E-state index < -0.39 is 0 Å². The van der Waals surface area contributed by atoms with Crippen molar-refractivity contribution < 1.29 is 0 Å². The molecule has 0 saturated carbocycles. The van der Waals surface area contributed by atoms with E-state index in [4.69, 9.17) is 5.73 Å². The quantitative estimate of drug-likeness (QED) is 0.812. The maximum atomic E-state index is 6.23. The molecular weight excluding hydrogens is 256 g/mol. The normalized spacial score (nSPS) is 21.2. The number of thiazole rings is 1. The Hall–Kier alpha value is -1.33. The van der Waals surface area contributed by atoms with Crippen LogP contribution >= 0.6 is 11.3 Å². The van der Waals surface area contributed by atoms with E-state index in [2.05, 4.69) is 40.9 Å². The molecule has 0 bridgehead atoms. The zero-order valence-corrected chi connectivity index (χ0v) is 12.5. The predicted molar refractivity (Wildman–Crippen MR) is 83.1 cm³/mol. The van der Waals surface area contributed by atoms with Gasteiger partial charge in [-0.25, -0.2) is 4.98 Å². The number of aryl methyl sites for hydroxylation is 1. The standard InChI is InChI=1S/C14H20N4S/c1-9-8-18(5-4-17(9)3)13-7-12-14(6-11(13)15)19-10(2)16-12/h6-7,9H,4-5,8,15H2,1-3H3. The monoisotopic (exact) mass is 276 g/mol. The van der Waals surface area contributed by atoms with E-state index in [9.17, 15) is 0 Å². The summed E-state index contributed by atoms with van der Waals surface area (Å²) < 4.78 is 1.18. The number of piperazine rings is 1. The lowest BCUT2D eigenvalue weighted by molar-refractivity contribution is 0.234. The molecule has 0 spiro atoms. The van der Waals surface area contributed by atoms with E-state index in [-0.39, 0.29) is 0 Å². The minimum atomic E-state index is 0.556. The summed E-state index contributed by atoms with van der Waals surface area (Å²) in [5.41, 5.74) is 9.30. The molecule has 0 amide bonds. The minimum absolute atomic E-state index is 0.556. The summed E-state index contributed by atoms with van der Waals surface area (Å²) in [6, 6.07) is 4.77. The third-order valence-electron chi connectivity index (χ3n) is 3.94. The zero-order valence-electron chi connectivity index (χ0n) is 11.7. The molecule has 4 nitrogen and oxygen atoms in total. The van der Waals surface area contributed by atoms with Crippen LogP contribution in [0, 0.1) is 6.92 Å². The van der Waals surface area contributed by atoms with Crippen molar-refractivity contribution in [1.29, 1.82) is 0 Å². The van der Waals surface area contributed by atoms with E-state index in [1.807, 2.05) is 6.92 Å². The summed E-state index contributed by atoms with van der Waals surface area (Å²) in [5.74, 6) is 0. The fourth-order valence-corrected chi connectivity index (χ4v) is 3.49. The Morgan fingerprint density at radius 1 is 1.37 bits per heavy atom. The first-order valence-electron chi connectivity index (χ1n) is 6.66. The number of nitrogens with two attached hydrogens (primary N) is 1. The third-order valence-corrected chi connectivity index (χ3v) is 4.88. The van der Waals surface area contributed by atoms with Gasteiger partial charge in [-0.2, -0.15) is 0 Å². The van der Waals surface area contributed by atoms with Crippen molar-refractivity contribution in [1.82, 2.24) is 9.88 Å². The highest BCUT2D eigenvalue weighted by molar-refractivity contribution is 7.18. The predicted octanol–water partition coefficient (Wildman–Crippen LogP) is 2.33. The second-order valence-corrected chi connectivity index (χ2v) is 6.62. The molecule has 1 unspecified atom stereocenters. The van der Waals surface area contributed by atoms with Gasteiger partial charge in [0.15, 0.2) is 0 Å². The number of hydrogen-bond donors (Lipinski definition) is 1. The van der Waals surface area contributed by atoms with Gasteiger partial charge in [0.25, 0.3) is 0 Å². The molecule has 1 atom stereocenters. The van der Waals surface area contributed by atoms with E-state index in [0.717, 1.165) is 41.5 Å². The van der Waals surface area contributed by atoms with Crippen molar-refractivity contribution in [3.05, 3.63) is 17.1 Å². The number of anilines is 2. The van der Waals surface area contributed by atoms with Crippen LogP contribution in [0.3, 0.4) is 0 Å². The summed E-state index contributed by atoms with van der Waals surface area (Å²) >= 11 is 1.70. The molecular formula is C14H20N4S. The molecule has 2 aromatic rings. The fraction of sp³-hybridized carbons (Fsp3) is 0.500. The first kappa shape index (κ1) is 12.7. The second kappa shape index (κ2) is 4.65. The first-order valence-corrected chi connectivity index (χ1v) is 7.48. The lowest BCUT2D eigenvalue weighted by Gasteiger charge is -2.39. The molecule has 102 valence electrons. The van der Waals surface area contributed by atoms with Gasteiger partial charge in [0.2, 0.25) is 0 Å². The highest BCUT2D eigenvalue weighted by Crippen LogP contribution is 2.32. The minimum Gasteiger partial charge on any atom is -0.397 e. The second-order valence-electron chi connectivity index (χ2n) is 5.39. The summed E-state index contributed by atoms with van der Waals surface area (Å²) in [7, 11) is 2.18. The van der Waals surface area contributed by atoms with Crippen molar-refractivity contribution in [2.75, 3.05) is 37.3 Å². The van der Waals surface area contributed by atoms with Crippen molar-refractivity contribution in [3.8, 4) is 0 Å². The van der Waals surface area contributed by atoms with E-state index in [1.54, 1.807) is 11.3 Å². The number of aromatic nitrogens is 1. The van der Waals surface area contributed by atoms with Gasteiger partial charge < -0.3 is 15.5 Å².